The highest BCUT2D eigenvalue weighted by molar-refractivity contribution is 6.11. The predicted octanol–water partition coefficient (Wildman–Crippen LogP) is 15.4. The number of para-hydroxylation sites is 2. The van der Waals surface area contributed by atoms with Crippen molar-refractivity contribution in [2.24, 2.45) is 0 Å². The molecule has 59 heavy (non-hydrogen) atoms. The lowest BCUT2D eigenvalue weighted by Gasteiger charge is -2.34. The second-order valence-corrected chi connectivity index (χ2v) is 15.6. The van der Waals surface area contributed by atoms with Crippen molar-refractivity contribution in [3.63, 3.8) is 0 Å². The monoisotopic (exact) mass is 751 g/mol. The Kier molecular flexibility index (Phi) is 7.48. The third-order valence-electron chi connectivity index (χ3n) is 12.5. The Hall–Kier alpha value is -7.68. The fraction of sp³-hybridized carbons (Fsp3) is 0.0175. The maximum atomic E-state index is 6.50. The molecular formula is C57H37NO. The molecular weight excluding hydrogens is 715 g/mol. The maximum absolute atomic E-state index is 6.50. The molecule has 12 rings (SSSR count). The Morgan fingerprint density at radius 3 is 1.75 bits per heavy atom. The number of hydrogen-bond acceptors (Lipinski definition) is 2. The van der Waals surface area contributed by atoms with Gasteiger partial charge in [0.2, 0.25) is 0 Å². The Morgan fingerprint density at radius 1 is 0.373 bits per heavy atom. The molecule has 2 nitrogen and oxygen atoms in total. The zero-order valence-electron chi connectivity index (χ0n) is 32.2. The first-order chi connectivity index (χ1) is 29.3. The second-order valence-electron chi connectivity index (χ2n) is 15.6. The molecule has 1 heterocycles. The van der Waals surface area contributed by atoms with Gasteiger partial charge in [-0.05, 0) is 91.3 Å². The van der Waals surface area contributed by atoms with E-state index in [1.165, 1.54) is 54.9 Å². The molecule has 0 aliphatic heterocycles. The van der Waals surface area contributed by atoms with Crippen LogP contribution in [0.3, 0.4) is 0 Å². The molecule has 1 aromatic heterocycles. The fourth-order valence-corrected chi connectivity index (χ4v) is 9.98. The summed E-state index contributed by atoms with van der Waals surface area (Å²) in [4.78, 5) is 2.47. The van der Waals surface area contributed by atoms with Crippen LogP contribution in [0, 0.1) is 0 Å². The van der Waals surface area contributed by atoms with E-state index >= 15 is 0 Å². The molecule has 1 aliphatic rings. The molecule has 1 aliphatic carbocycles. The van der Waals surface area contributed by atoms with Crippen molar-refractivity contribution in [2.45, 2.75) is 5.41 Å². The van der Waals surface area contributed by atoms with Crippen LogP contribution in [0.15, 0.2) is 229 Å². The van der Waals surface area contributed by atoms with E-state index in [1.807, 2.05) is 12.1 Å². The number of benzene rings is 10. The molecule has 0 spiro atoms. The van der Waals surface area contributed by atoms with Gasteiger partial charge in [-0.1, -0.05) is 188 Å². The molecule has 0 atom stereocenters. The van der Waals surface area contributed by atoms with Gasteiger partial charge in [0, 0.05) is 33.3 Å². The SMILES string of the molecule is c1ccc(C2(c3ccccc3)c3ccccc3-c3c(N(c4ccc(-c5cccc6c5oc5ccccc56)cc4)c4ccc5ccc6ccccc6c5c4)cccc32)cc1. The fourth-order valence-electron chi connectivity index (χ4n) is 9.98. The quantitative estimate of drug-likeness (QED) is 0.157. The van der Waals surface area contributed by atoms with Crippen LogP contribution >= 0.6 is 0 Å². The first kappa shape index (κ1) is 33.5. The van der Waals surface area contributed by atoms with Gasteiger partial charge in [0.15, 0.2) is 0 Å². The summed E-state index contributed by atoms with van der Waals surface area (Å²) in [5, 5.41) is 7.20. The number of fused-ring (bicyclic) bond motifs is 9. The van der Waals surface area contributed by atoms with Crippen LogP contribution < -0.4 is 4.90 Å². The largest absolute Gasteiger partial charge is 0.455 e. The zero-order chi connectivity index (χ0) is 38.9. The minimum Gasteiger partial charge on any atom is -0.455 e. The molecule has 0 radical (unpaired) electrons. The lowest BCUT2D eigenvalue weighted by Crippen LogP contribution is -2.28. The number of hydrogen-bond donors (Lipinski definition) is 0. The molecule has 11 aromatic rings. The maximum Gasteiger partial charge on any atom is 0.143 e. The Morgan fingerprint density at radius 2 is 0.949 bits per heavy atom. The van der Waals surface area contributed by atoms with Crippen LogP contribution in [-0.2, 0) is 5.41 Å². The van der Waals surface area contributed by atoms with Crippen molar-refractivity contribution in [2.75, 3.05) is 4.90 Å². The van der Waals surface area contributed by atoms with Gasteiger partial charge in [-0.2, -0.15) is 0 Å². The lowest BCUT2D eigenvalue weighted by atomic mass is 9.68. The summed E-state index contributed by atoms with van der Waals surface area (Å²) in [5.74, 6) is 0. The number of furan rings is 1. The highest BCUT2D eigenvalue weighted by Crippen LogP contribution is 2.59. The minimum absolute atomic E-state index is 0.509. The van der Waals surface area contributed by atoms with Crippen LogP contribution in [-0.4, -0.2) is 0 Å². The summed E-state index contributed by atoms with van der Waals surface area (Å²) < 4.78 is 6.50. The highest BCUT2D eigenvalue weighted by atomic mass is 16.3. The molecule has 276 valence electrons. The zero-order valence-corrected chi connectivity index (χ0v) is 32.2. The van der Waals surface area contributed by atoms with Crippen molar-refractivity contribution in [3.8, 4) is 22.3 Å². The topological polar surface area (TPSA) is 16.4 Å². The van der Waals surface area contributed by atoms with Gasteiger partial charge >= 0.3 is 0 Å². The molecule has 0 saturated heterocycles. The van der Waals surface area contributed by atoms with Gasteiger partial charge in [0.1, 0.15) is 11.2 Å². The van der Waals surface area contributed by atoms with E-state index in [4.69, 9.17) is 4.42 Å². The van der Waals surface area contributed by atoms with Gasteiger partial charge in [0.05, 0.1) is 11.1 Å². The van der Waals surface area contributed by atoms with Crippen molar-refractivity contribution in [3.05, 3.63) is 247 Å². The smallest absolute Gasteiger partial charge is 0.143 e. The molecule has 0 unspecified atom stereocenters. The summed E-state index contributed by atoms with van der Waals surface area (Å²) >= 11 is 0. The summed E-state index contributed by atoms with van der Waals surface area (Å²) in [6.45, 7) is 0. The van der Waals surface area contributed by atoms with Gasteiger partial charge in [-0.15, -0.1) is 0 Å². The first-order valence-electron chi connectivity index (χ1n) is 20.3. The van der Waals surface area contributed by atoms with Gasteiger partial charge < -0.3 is 9.32 Å². The van der Waals surface area contributed by atoms with E-state index in [0.29, 0.717) is 0 Å². The standard InChI is InChI=1S/C57H37NO/c1-3-16-41(17-4-1)57(42-18-5-2-6-19-42)51-25-11-9-22-49(51)55-52(57)26-14-27-53(55)58(44-36-33-40-30-29-38-15-7-8-20-45(38)50(40)37-44)43-34-31-39(32-35-43)46-23-13-24-48-47-21-10-12-28-54(47)59-56(46)48/h1-37H. The number of anilines is 3. The summed E-state index contributed by atoms with van der Waals surface area (Å²) in [5.41, 5.74) is 14.4. The molecule has 0 N–H and O–H groups in total. The Bertz CT molecular complexity index is 3340. The number of nitrogens with zero attached hydrogens (tertiary/aromatic N) is 1. The molecule has 0 saturated carbocycles. The van der Waals surface area contributed by atoms with Crippen molar-refractivity contribution in [1.29, 1.82) is 0 Å². The van der Waals surface area contributed by atoms with Gasteiger partial charge in [-0.3, -0.25) is 0 Å². The van der Waals surface area contributed by atoms with Crippen molar-refractivity contribution in [1.82, 2.24) is 0 Å². The predicted molar refractivity (Wildman–Crippen MR) is 246 cm³/mol. The minimum atomic E-state index is -0.509. The second kappa shape index (κ2) is 13.2. The molecule has 0 bridgehead atoms. The van der Waals surface area contributed by atoms with Crippen LogP contribution in [0.2, 0.25) is 0 Å². The third-order valence-corrected chi connectivity index (χ3v) is 12.5. The van der Waals surface area contributed by atoms with Crippen molar-refractivity contribution >= 4 is 60.5 Å². The molecule has 10 aromatic carbocycles. The van der Waals surface area contributed by atoms with Crippen LogP contribution in [0.25, 0.3) is 65.7 Å². The van der Waals surface area contributed by atoms with Crippen LogP contribution in [0.5, 0.6) is 0 Å². The molecule has 2 heteroatoms. The molecule has 0 amide bonds. The van der Waals surface area contributed by atoms with E-state index in [0.717, 1.165) is 50.1 Å². The van der Waals surface area contributed by atoms with E-state index in [9.17, 15) is 0 Å². The Balaban J connectivity index is 1.12. The number of rotatable bonds is 6. The van der Waals surface area contributed by atoms with E-state index in [2.05, 4.69) is 217 Å². The highest BCUT2D eigenvalue weighted by Gasteiger charge is 2.47. The van der Waals surface area contributed by atoms with E-state index in [-0.39, 0.29) is 0 Å². The molecule has 0 fully saturated rings. The van der Waals surface area contributed by atoms with Crippen LogP contribution in [0.4, 0.5) is 17.1 Å². The van der Waals surface area contributed by atoms with Crippen molar-refractivity contribution < 1.29 is 4.42 Å². The normalized spacial score (nSPS) is 12.9. The summed E-state index contributed by atoms with van der Waals surface area (Å²) in [7, 11) is 0. The van der Waals surface area contributed by atoms with E-state index in [1.54, 1.807) is 0 Å². The average Bonchev–Trinajstić information content (AvgIpc) is 3.85. The average molecular weight is 752 g/mol. The summed E-state index contributed by atoms with van der Waals surface area (Å²) in [6.07, 6.45) is 0. The Labute approximate surface area is 342 Å². The van der Waals surface area contributed by atoms with Gasteiger partial charge in [-0.25, -0.2) is 0 Å². The van der Waals surface area contributed by atoms with E-state index < -0.39 is 5.41 Å². The van der Waals surface area contributed by atoms with Gasteiger partial charge in [0.25, 0.3) is 0 Å². The van der Waals surface area contributed by atoms with Crippen LogP contribution in [0.1, 0.15) is 22.3 Å². The third kappa shape index (κ3) is 5.00. The lowest BCUT2D eigenvalue weighted by molar-refractivity contribution is 0.670. The first-order valence-corrected chi connectivity index (χ1v) is 20.3. The summed E-state index contributed by atoms with van der Waals surface area (Å²) in [6, 6.07) is 81.9.